The Kier molecular flexibility index (Phi) is 8.57. The van der Waals surface area contributed by atoms with Crippen LogP contribution in [-0.2, 0) is 9.22 Å². The topological polar surface area (TPSA) is 54.0 Å². The Labute approximate surface area is 171 Å². The van der Waals surface area contributed by atoms with Crippen LogP contribution in [0.1, 0.15) is 51.2 Å². The molecular formula is C22H38O5Si. The lowest BCUT2D eigenvalue weighted by molar-refractivity contribution is -0.111. The maximum absolute atomic E-state index is 11.4. The third-order valence-electron chi connectivity index (χ3n) is 5.86. The molecule has 0 radical (unpaired) electrons. The highest BCUT2D eigenvalue weighted by Crippen LogP contribution is 2.45. The van der Waals surface area contributed by atoms with Gasteiger partial charge in [0.1, 0.15) is 12.0 Å². The molecule has 0 bridgehead atoms. The molecular weight excluding hydrogens is 372 g/mol. The van der Waals surface area contributed by atoms with E-state index in [0.29, 0.717) is 24.5 Å². The number of hydrogen-bond acceptors (Lipinski definition) is 5. The molecule has 1 aromatic rings. The summed E-state index contributed by atoms with van der Waals surface area (Å²) in [7, 11) is 2.98. The molecule has 0 amide bonds. The van der Waals surface area contributed by atoms with E-state index in [2.05, 4.69) is 33.9 Å². The second kappa shape index (κ2) is 9.79. The van der Waals surface area contributed by atoms with Gasteiger partial charge in [-0.2, -0.15) is 0 Å². The first-order valence-corrected chi connectivity index (χ1v) is 12.7. The lowest BCUT2D eigenvalue weighted by Crippen LogP contribution is -2.41. The predicted octanol–water partition coefficient (Wildman–Crippen LogP) is 5.35. The Hall–Kier alpha value is -1.53. The molecule has 0 aromatic heterocycles. The Balaban J connectivity index is 3.41. The first-order valence-electron chi connectivity index (χ1n) is 9.82. The molecule has 0 N–H and O–H groups in total. The molecule has 1 rings (SSSR count). The van der Waals surface area contributed by atoms with Gasteiger partial charge in [-0.3, -0.25) is 0 Å². The number of hydrogen-bond donors (Lipinski definition) is 0. The van der Waals surface area contributed by atoms with E-state index in [4.69, 9.17) is 18.6 Å². The SMILES string of the molecule is COc1cc([C@@H](CO[Si](C)(C)C(C)(C)C)C[C@H](C)C=O)c(OC)c(C)c1OC. The summed E-state index contributed by atoms with van der Waals surface area (Å²) >= 11 is 0. The summed E-state index contributed by atoms with van der Waals surface area (Å²) in [5.41, 5.74) is 1.88. The van der Waals surface area contributed by atoms with Crippen molar-refractivity contribution in [3.63, 3.8) is 0 Å². The van der Waals surface area contributed by atoms with Gasteiger partial charge in [0.15, 0.2) is 19.8 Å². The molecule has 0 spiro atoms. The molecule has 0 aliphatic carbocycles. The smallest absolute Gasteiger partial charge is 0.192 e. The largest absolute Gasteiger partial charge is 0.496 e. The van der Waals surface area contributed by atoms with Crippen molar-refractivity contribution >= 4 is 14.6 Å². The summed E-state index contributed by atoms with van der Waals surface area (Å²) in [5.74, 6) is 2.02. The van der Waals surface area contributed by atoms with E-state index in [9.17, 15) is 4.79 Å². The molecule has 1 aromatic carbocycles. The van der Waals surface area contributed by atoms with Crippen molar-refractivity contribution in [1.29, 1.82) is 0 Å². The number of methoxy groups -OCH3 is 3. The first-order chi connectivity index (χ1) is 12.9. The quantitative estimate of drug-likeness (QED) is 0.384. The van der Waals surface area contributed by atoms with Crippen LogP contribution in [0, 0.1) is 12.8 Å². The van der Waals surface area contributed by atoms with Crippen LogP contribution >= 0.6 is 0 Å². The number of aldehydes is 1. The summed E-state index contributed by atoms with van der Waals surface area (Å²) in [6, 6.07) is 1.96. The van der Waals surface area contributed by atoms with Gasteiger partial charge in [-0.25, -0.2) is 0 Å². The van der Waals surface area contributed by atoms with Gasteiger partial charge in [0.25, 0.3) is 0 Å². The van der Waals surface area contributed by atoms with E-state index in [1.54, 1.807) is 21.3 Å². The first kappa shape index (κ1) is 24.5. The van der Waals surface area contributed by atoms with E-state index >= 15 is 0 Å². The van der Waals surface area contributed by atoms with E-state index in [1.165, 1.54) is 0 Å². The fourth-order valence-electron chi connectivity index (χ4n) is 3.07. The molecule has 0 aliphatic rings. The van der Waals surface area contributed by atoms with Crippen molar-refractivity contribution in [2.45, 2.75) is 65.1 Å². The molecule has 2 atom stereocenters. The lowest BCUT2D eigenvalue weighted by atomic mass is 9.88. The Morgan fingerprint density at radius 1 is 1.07 bits per heavy atom. The van der Waals surface area contributed by atoms with Crippen molar-refractivity contribution < 1.29 is 23.4 Å². The second-order valence-electron chi connectivity index (χ2n) is 8.98. The highest BCUT2D eigenvalue weighted by molar-refractivity contribution is 6.74. The number of carbonyl (C=O) groups excluding carboxylic acids is 1. The molecule has 160 valence electrons. The molecule has 0 fully saturated rings. The van der Waals surface area contributed by atoms with Gasteiger partial charge in [-0.05, 0) is 37.5 Å². The van der Waals surface area contributed by atoms with E-state index in [0.717, 1.165) is 23.2 Å². The normalized spacial score (nSPS) is 14.4. The summed E-state index contributed by atoms with van der Waals surface area (Å²) in [5, 5.41) is 0.116. The second-order valence-corrected chi connectivity index (χ2v) is 13.8. The maximum Gasteiger partial charge on any atom is 0.192 e. The Bertz CT molecular complexity index is 664. The summed E-state index contributed by atoms with van der Waals surface area (Å²) < 4.78 is 23.3. The Morgan fingerprint density at radius 2 is 1.64 bits per heavy atom. The molecule has 5 nitrogen and oxygen atoms in total. The van der Waals surface area contributed by atoms with Crippen LogP contribution in [0.4, 0.5) is 0 Å². The van der Waals surface area contributed by atoms with E-state index < -0.39 is 8.32 Å². The predicted molar refractivity (Wildman–Crippen MR) is 117 cm³/mol. The monoisotopic (exact) mass is 410 g/mol. The highest BCUT2D eigenvalue weighted by atomic mass is 28.4. The molecule has 0 aliphatic heterocycles. The van der Waals surface area contributed by atoms with E-state index in [1.807, 2.05) is 19.9 Å². The van der Waals surface area contributed by atoms with Gasteiger partial charge >= 0.3 is 0 Å². The molecule has 6 heteroatoms. The van der Waals surface area contributed by atoms with Crippen LogP contribution in [0.25, 0.3) is 0 Å². The van der Waals surface area contributed by atoms with Crippen LogP contribution in [0.15, 0.2) is 6.07 Å². The van der Waals surface area contributed by atoms with Crippen molar-refractivity contribution in [3.05, 3.63) is 17.2 Å². The molecule has 0 saturated carbocycles. The van der Waals surface area contributed by atoms with Crippen LogP contribution < -0.4 is 14.2 Å². The van der Waals surface area contributed by atoms with Gasteiger partial charge in [0.05, 0.1) is 21.3 Å². The molecule has 0 unspecified atom stereocenters. The minimum Gasteiger partial charge on any atom is -0.496 e. The third-order valence-corrected chi connectivity index (χ3v) is 10.4. The van der Waals surface area contributed by atoms with Crippen molar-refractivity contribution in [3.8, 4) is 17.2 Å². The van der Waals surface area contributed by atoms with Crippen molar-refractivity contribution in [2.75, 3.05) is 27.9 Å². The maximum atomic E-state index is 11.4. The van der Waals surface area contributed by atoms with Crippen molar-refractivity contribution in [1.82, 2.24) is 0 Å². The lowest BCUT2D eigenvalue weighted by Gasteiger charge is -2.37. The van der Waals surface area contributed by atoms with Gasteiger partial charge in [-0.15, -0.1) is 0 Å². The zero-order valence-electron chi connectivity index (χ0n) is 19.3. The van der Waals surface area contributed by atoms with Gasteiger partial charge < -0.3 is 23.4 Å². The van der Waals surface area contributed by atoms with Crippen molar-refractivity contribution in [2.24, 2.45) is 5.92 Å². The summed E-state index contributed by atoms with van der Waals surface area (Å²) in [4.78, 5) is 11.4. The minimum absolute atomic E-state index is 0.0165. The summed E-state index contributed by atoms with van der Waals surface area (Å²) in [6.07, 6.45) is 1.68. The number of carbonyl (C=O) groups is 1. The fourth-order valence-corrected chi connectivity index (χ4v) is 4.12. The van der Waals surface area contributed by atoms with Gasteiger partial charge in [-0.1, -0.05) is 27.7 Å². The zero-order valence-corrected chi connectivity index (χ0v) is 20.3. The highest BCUT2D eigenvalue weighted by Gasteiger charge is 2.38. The van der Waals surface area contributed by atoms with Crippen LogP contribution in [0.2, 0.25) is 18.1 Å². The number of rotatable bonds is 10. The average Bonchev–Trinajstić information content (AvgIpc) is 2.62. The Morgan fingerprint density at radius 3 is 2.07 bits per heavy atom. The number of ether oxygens (including phenoxy) is 3. The van der Waals surface area contributed by atoms with Gasteiger partial charge in [0.2, 0.25) is 0 Å². The van der Waals surface area contributed by atoms with E-state index in [-0.39, 0.29) is 16.9 Å². The molecule has 0 saturated heterocycles. The minimum atomic E-state index is -1.93. The third kappa shape index (κ3) is 5.51. The molecule has 0 heterocycles. The standard InChI is InChI=1S/C22H38O5Si/c1-15(13-23)11-17(14-27-28(9,10)22(3,4)5)18-12-19(24-6)21(26-8)16(2)20(18)25-7/h12-13,15,17H,11,14H2,1-10H3/t15-,17+/m0/s1. The summed E-state index contributed by atoms with van der Waals surface area (Å²) in [6.45, 7) is 15.6. The molecule has 28 heavy (non-hydrogen) atoms. The van der Waals surface area contributed by atoms with Crippen LogP contribution in [0.3, 0.4) is 0 Å². The zero-order chi connectivity index (χ0) is 21.7. The number of benzene rings is 1. The van der Waals surface area contributed by atoms with Crippen LogP contribution in [0.5, 0.6) is 17.2 Å². The van der Waals surface area contributed by atoms with Gasteiger partial charge in [0, 0.05) is 29.6 Å². The average molecular weight is 411 g/mol. The fraction of sp³-hybridized carbons (Fsp3) is 0.682. The van der Waals surface area contributed by atoms with Crippen LogP contribution in [-0.4, -0.2) is 42.5 Å².